The number of carboxylic acid groups (broad SMARTS) is 2. The van der Waals surface area contributed by atoms with Gasteiger partial charge in [-0.2, -0.15) is 11.8 Å². The molecule has 0 aromatic carbocycles. The van der Waals surface area contributed by atoms with Crippen molar-refractivity contribution in [1.82, 2.24) is 31.2 Å². The van der Waals surface area contributed by atoms with Crippen LogP contribution in [0.15, 0.2) is 12.5 Å². The number of nitrogens with one attached hydrogen (secondary N) is 5. The number of rotatable bonds is 23. The molecule has 18 nitrogen and oxygen atoms in total. The molecule has 1 aromatic heterocycles. The number of aromatic amines is 1. The predicted octanol–water partition coefficient (Wildman–Crippen LogP) is -3.07. The minimum Gasteiger partial charge on any atom is -0.481 e. The Labute approximate surface area is 263 Å². The van der Waals surface area contributed by atoms with Crippen LogP contribution >= 0.6 is 11.8 Å². The van der Waals surface area contributed by atoms with Gasteiger partial charge in [-0.05, 0) is 50.7 Å². The third-order valence-corrected chi connectivity index (χ3v) is 7.11. The van der Waals surface area contributed by atoms with Crippen LogP contribution in [0.3, 0.4) is 0 Å². The summed E-state index contributed by atoms with van der Waals surface area (Å²) in [4.78, 5) is 93.7. The van der Waals surface area contributed by atoms with E-state index in [-0.39, 0.29) is 25.7 Å². The number of imidazole rings is 1. The lowest BCUT2D eigenvalue weighted by Gasteiger charge is -2.26. The molecule has 1 heterocycles. The van der Waals surface area contributed by atoms with Crippen molar-refractivity contribution in [2.24, 2.45) is 17.2 Å². The Morgan fingerprint density at radius 1 is 0.867 bits per heavy atom. The van der Waals surface area contributed by atoms with Crippen molar-refractivity contribution in [3.8, 4) is 0 Å². The smallest absolute Gasteiger partial charge is 0.326 e. The summed E-state index contributed by atoms with van der Waals surface area (Å²) in [6, 6.07) is -6.76. The van der Waals surface area contributed by atoms with Gasteiger partial charge in [0.2, 0.25) is 29.5 Å². The van der Waals surface area contributed by atoms with Crippen molar-refractivity contribution in [2.75, 3.05) is 18.6 Å². The fourth-order valence-electron chi connectivity index (χ4n) is 3.99. The normalized spacial score (nSPS) is 14.2. The van der Waals surface area contributed by atoms with Crippen LogP contribution in [0.25, 0.3) is 0 Å². The highest BCUT2D eigenvalue weighted by molar-refractivity contribution is 7.98. The Balaban J connectivity index is 3.18. The monoisotopic (exact) mass is 657 g/mol. The summed E-state index contributed by atoms with van der Waals surface area (Å²) >= 11 is 1.45. The second kappa shape index (κ2) is 20.7. The Hall–Kier alpha value is -4.23. The van der Waals surface area contributed by atoms with Gasteiger partial charge in [0.15, 0.2) is 0 Å². The molecule has 13 N–H and O–H groups in total. The summed E-state index contributed by atoms with van der Waals surface area (Å²) in [7, 11) is 0. The molecule has 1 aromatic rings. The summed E-state index contributed by atoms with van der Waals surface area (Å²) in [5, 5.41) is 28.2. The molecule has 0 unspecified atom stereocenters. The number of hydrogen-bond acceptors (Lipinski definition) is 11. The van der Waals surface area contributed by atoms with Gasteiger partial charge in [-0.3, -0.25) is 28.8 Å². The highest BCUT2D eigenvalue weighted by atomic mass is 32.2. The molecule has 0 spiro atoms. The number of aliphatic carboxylic acids is 2. The molecule has 0 aliphatic heterocycles. The highest BCUT2D eigenvalue weighted by Crippen LogP contribution is 2.07. The summed E-state index contributed by atoms with van der Waals surface area (Å²) in [6.07, 6.45) is 4.05. The first-order valence-corrected chi connectivity index (χ1v) is 15.5. The number of carbonyl (C=O) groups excluding carboxylic acids is 5. The molecule has 1 rings (SSSR count). The summed E-state index contributed by atoms with van der Waals surface area (Å²) < 4.78 is 0. The fourth-order valence-corrected chi connectivity index (χ4v) is 4.48. The topological polar surface area (TPSA) is 315 Å². The number of hydrogen-bond donors (Lipinski definition) is 10. The van der Waals surface area contributed by atoms with Gasteiger partial charge in [0.05, 0.1) is 18.8 Å². The van der Waals surface area contributed by atoms with Gasteiger partial charge in [0, 0.05) is 24.7 Å². The SMILES string of the molecule is CSCC[C@H](N)C(=O)N[C@@H](CCC(=O)O)C(=O)N[C@@H](CC(N)=O)C(=O)N[C@@H](Cc1cnc[nH]1)C(=O)N[C@@H](CCCCN)C(=O)O. The first-order chi connectivity index (χ1) is 21.3. The number of nitrogens with zero attached hydrogens (tertiary/aromatic N) is 1. The first kappa shape index (κ1) is 38.8. The lowest BCUT2D eigenvalue weighted by atomic mass is 10.1. The van der Waals surface area contributed by atoms with E-state index in [1.54, 1.807) is 0 Å². The van der Waals surface area contributed by atoms with Crippen LogP contribution in [0.4, 0.5) is 0 Å². The molecule has 19 heteroatoms. The minimum atomic E-state index is -1.65. The second-order valence-electron chi connectivity index (χ2n) is 10.1. The molecule has 0 radical (unpaired) electrons. The van der Waals surface area contributed by atoms with E-state index in [9.17, 15) is 38.7 Å². The van der Waals surface area contributed by atoms with Crippen molar-refractivity contribution in [2.45, 2.75) is 81.6 Å². The number of unbranched alkanes of at least 4 members (excludes halogenated alkanes) is 1. The largest absolute Gasteiger partial charge is 0.481 e. The Kier molecular flexibility index (Phi) is 17.8. The van der Waals surface area contributed by atoms with E-state index in [0.29, 0.717) is 30.8 Å². The van der Waals surface area contributed by atoms with Gasteiger partial charge < -0.3 is 53.7 Å². The molecule has 45 heavy (non-hydrogen) atoms. The molecule has 0 aliphatic carbocycles. The van der Waals surface area contributed by atoms with Gasteiger partial charge in [-0.1, -0.05) is 0 Å². The van der Waals surface area contributed by atoms with Gasteiger partial charge >= 0.3 is 11.9 Å². The van der Waals surface area contributed by atoms with Crippen molar-refractivity contribution in [1.29, 1.82) is 0 Å². The Morgan fingerprint density at radius 3 is 2.02 bits per heavy atom. The minimum absolute atomic E-state index is 0.0771. The Bertz CT molecular complexity index is 1150. The van der Waals surface area contributed by atoms with Crippen LogP contribution in [-0.4, -0.2) is 110 Å². The van der Waals surface area contributed by atoms with Gasteiger partial charge in [-0.25, -0.2) is 9.78 Å². The van der Waals surface area contributed by atoms with Crippen molar-refractivity contribution < 1.29 is 43.8 Å². The number of thioether (sulfide) groups is 1. The van der Waals surface area contributed by atoms with Crippen LogP contribution < -0.4 is 38.5 Å². The molecule has 0 bridgehead atoms. The quantitative estimate of drug-likeness (QED) is 0.0523. The second-order valence-corrected chi connectivity index (χ2v) is 11.1. The van der Waals surface area contributed by atoms with E-state index in [1.165, 1.54) is 24.3 Å². The average molecular weight is 658 g/mol. The summed E-state index contributed by atoms with van der Waals surface area (Å²) in [6.45, 7) is 0.331. The predicted molar refractivity (Wildman–Crippen MR) is 162 cm³/mol. The number of amides is 5. The maximum atomic E-state index is 13.4. The molecular weight excluding hydrogens is 614 g/mol. The zero-order valence-electron chi connectivity index (χ0n) is 25.0. The molecule has 0 aliphatic rings. The average Bonchev–Trinajstić information content (AvgIpc) is 3.49. The maximum absolute atomic E-state index is 13.4. The van der Waals surface area contributed by atoms with Crippen LogP contribution in [0, 0.1) is 0 Å². The molecule has 0 fully saturated rings. The van der Waals surface area contributed by atoms with Gasteiger partial charge in [0.1, 0.15) is 24.2 Å². The van der Waals surface area contributed by atoms with E-state index >= 15 is 0 Å². The van der Waals surface area contributed by atoms with Gasteiger partial charge in [-0.15, -0.1) is 0 Å². The van der Waals surface area contributed by atoms with E-state index in [2.05, 4.69) is 31.2 Å². The third-order valence-electron chi connectivity index (χ3n) is 6.46. The van der Waals surface area contributed by atoms with Crippen LogP contribution in [0.5, 0.6) is 0 Å². The zero-order chi connectivity index (χ0) is 33.9. The molecule has 0 saturated heterocycles. The number of nitrogens with two attached hydrogens (primary N) is 3. The lowest BCUT2D eigenvalue weighted by molar-refractivity contribution is -0.142. The molecule has 5 atom stereocenters. The van der Waals surface area contributed by atoms with Crippen molar-refractivity contribution >= 4 is 53.2 Å². The Morgan fingerprint density at radius 2 is 1.47 bits per heavy atom. The summed E-state index contributed by atoms with van der Waals surface area (Å²) in [5.74, 6) is -6.62. The van der Waals surface area contributed by atoms with Crippen molar-refractivity contribution in [3.63, 3.8) is 0 Å². The number of primary amides is 1. The fraction of sp³-hybridized carbons (Fsp3) is 0.615. The number of H-pyrrole nitrogens is 1. The number of carboxylic acids is 2. The van der Waals surface area contributed by atoms with Crippen molar-refractivity contribution in [3.05, 3.63) is 18.2 Å². The molecular formula is C26H43N9O9S. The van der Waals surface area contributed by atoms with E-state index in [0.717, 1.165) is 0 Å². The number of carbonyl (C=O) groups is 7. The standard InChI is InChI=1S/C26H43N9O9S/c1-45-9-7-15(28)22(39)32-16(5-6-21(37)38)23(40)35-19(11-20(29)36)25(42)34-18(10-14-12-30-13-31-14)24(41)33-17(26(43)44)4-2-3-8-27/h12-13,15-19H,2-11,27-28H2,1H3,(H2,29,36)(H,30,31)(H,32,39)(H,33,41)(H,34,42)(H,35,40)(H,37,38)(H,43,44)/t15-,16-,17-,18-,19-/m0/s1. The molecule has 252 valence electrons. The van der Waals surface area contributed by atoms with Crippen LogP contribution in [0.2, 0.25) is 0 Å². The maximum Gasteiger partial charge on any atom is 0.326 e. The van der Waals surface area contributed by atoms with Gasteiger partial charge in [0.25, 0.3) is 0 Å². The van der Waals surface area contributed by atoms with Crippen LogP contribution in [-0.2, 0) is 40.0 Å². The zero-order valence-corrected chi connectivity index (χ0v) is 25.8. The van der Waals surface area contributed by atoms with Crippen LogP contribution in [0.1, 0.15) is 50.6 Å². The highest BCUT2D eigenvalue weighted by Gasteiger charge is 2.33. The number of aromatic nitrogens is 2. The van der Waals surface area contributed by atoms with E-state index in [4.69, 9.17) is 22.3 Å². The molecule has 5 amide bonds. The van der Waals surface area contributed by atoms with E-state index < -0.39 is 84.5 Å². The molecule has 0 saturated carbocycles. The first-order valence-electron chi connectivity index (χ1n) is 14.1. The van der Waals surface area contributed by atoms with E-state index in [1.807, 2.05) is 6.26 Å². The lowest BCUT2D eigenvalue weighted by Crippen LogP contribution is -2.59. The summed E-state index contributed by atoms with van der Waals surface area (Å²) in [5.41, 5.74) is 17.0. The third kappa shape index (κ3) is 15.4.